The van der Waals surface area contributed by atoms with E-state index in [1.807, 2.05) is 0 Å². The molecule has 0 fully saturated rings. The number of nitrogens with zero attached hydrogens (tertiary/aromatic N) is 4. The molecule has 0 saturated heterocycles. The normalized spacial score (nSPS) is 12.3. The lowest BCUT2D eigenvalue weighted by atomic mass is 10.2. The van der Waals surface area contributed by atoms with Gasteiger partial charge in [-0.15, -0.1) is 16.7 Å². The van der Waals surface area contributed by atoms with Crippen LogP contribution in [0.4, 0.5) is 0 Å². The fraction of sp³-hybridized carbons (Fsp3) is 0.364. The first-order chi connectivity index (χ1) is 9.08. The molecule has 2 rings (SSSR count). The molecule has 8 heteroatoms. The van der Waals surface area contributed by atoms with E-state index < -0.39 is 0 Å². The van der Waals surface area contributed by atoms with Crippen LogP contribution in [0.2, 0.25) is 5.02 Å². The van der Waals surface area contributed by atoms with Crippen molar-refractivity contribution in [1.82, 2.24) is 20.2 Å². The largest absolute Gasteiger partial charge is 0.495 e. The van der Waals surface area contributed by atoms with E-state index in [-0.39, 0.29) is 5.38 Å². The third-order valence-electron chi connectivity index (χ3n) is 2.53. The zero-order valence-electron chi connectivity index (χ0n) is 10.6. The fourth-order valence-electron chi connectivity index (χ4n) is 1.62. The Kier molecular flexibility index (Phi) is 4.11. The van der Waals surface area contributed by atoms with Crippen LogP contribution in [-0.4, -0.2) is 34.4 Å². The maximum Gasteiger partial charge on any atom is 0.174 e. The summed E-state index contributed by atoms with van der Waals surface area (Å²) in [6, 6.07) is 3.33. The number of hydrogen-bond donors (Lipinski definition) is 0. The van der Waals surface area contributed by atoms with Gasteiger partial charge in [-0.3, -0.25) is 0 Å². The number of ether oxygens (including phenoxy) is 2. The molecule has 1 heterocycles. The molecule has 1 atom stereocenters. The summed E-state index contributed by atoms with van der Waals surface area (Å²) in [5.74, 6) is 1.55. The smallest absolute Gasteiger partial charge is 0.174 e. The van der Waals surface area contributed by atoms with Gasteiger partial charge in [0.05, 0.1) is 24.6 Å². The molecule has 0 radical (unpaired) electrons. The molecule has 0 N–H and O–H groups in total. The Labute approximate surface area is 120 Å². The predicted octanol–water partition coefficient (Wildman–Crippen LogP) is 2.63. The molecular formula is C11H12Cl2N4O2. The third-order valence-corrected chi connectivity index (χ3v) is 3.02. The minimum atomic E-state index is -0.347. The van der Waals surface area contributed by atoms with Crippen molar-refractivity contribution >= 4 is 23.2 Å². The molecule has 0 aliphatic rings. The van der Waals surface area contributed by atoms with Crippen molar-refractivity contribution in [3.8, 4) is 17.2 Å². The zero-order chi connectivity index (χ0) is 14.0. The highest BCUT2D eigenvalue weighted by Gasteiger charge is 2.18. The van der Waals surface area contributed by atoms with Crippen LogP contribution in [0.1, 0.15) is 18.1 Å². The Morgan fingerprint density at radius 1 is 1.21 bits per heavy atom. The van der Waals surface area contributed by atoms with Gasteiger partial charge in [-0.1, -0.05) is 11.6 Å². The number of methoxy groups -OCH3 is 2. The van der Waals surface area contributed by atoms with Crippen LogP contribution in [-0.2, 0) is 0 Å². The van der Waals surface area contributed by atoms with E-state index in [4.69, 9.17) is 32.7 Å². The van der Waals surface area contributed by atoms with Gasteiger partial charge < -0.3 is 9.47 Å². The number of aromatic nitrogens is 4. The van der Waals surface area contributed by atoms with E-state index in [1.54, 1.807) is 26.2 Å². The quantitative estimate of drug-likeness (QED) is 0.813. The maximum absolute atomic E-state index is 6.11. The second-order valence-corrected chi connectivity index (χ2v) is 4.79. The van der Waals surface area contributed by atoms with Crippen LogP contribution in [0.3, 0.4) is 0 Å². The standard InChI is InChI=1S/C11H12Cl2N4O2/c1-6(12)11-14-15-16-17(11)8-4-7(13)9(18-2)5-10(8)19-3/h4-6H,1-3H3. The van der Waals surface area contributed by atoms with Gasteiger partial charge in [0.25, 0.3) is 0 Å². The summed E-state index contributed by atoms with van der Waals surface area (Å²) in [5.41, 5.74) is 0.598. The topological polar surface area (TPSA) is 62.1 Å². The second kappa shape index (κ2) is 5.63. The van der Waals surface area contributed by atoms with Crippen molar-refractivity contribution in [2.75, 3.05) is 14.2 Å². The maximum atomic E-state index is 6.11. The second-order valence-electron chi connectivity index (χ2n) is 3.72. The van der Waals surface area contributed by atoms with Crippen LogP contribution in [0.15, 0.2) is 12.1 Å². The van der Waals surface area contributed by atoms with Gasteiger partial charge in [0.1, 0.15) is 17.2 Å². The van der Waals surface area contributed by atoms with Crippen LogP contribution < -0.4 is 9.47 Å². The highest BCUT2D eigenvalue weighted by atomic mass is 35.5. The van der Waals surface area contributed by atoms with Crippen LogP contribution in [0.5, 0.6) is 11.5 Å². The summed E-state index contributed by atoms with van der Waals surface area (Å²) in [6.45, 7) is 1.78. The van der Waals surface area contributed by atoms with Crippen LogP contribution >= 0.6 is 23.2 Å². The average Bonchev–Trinajstić information content (AvgIpc) is 2.87. The van der Waals surface area contributed by atoms with Crippen molar-refractivity contribution in [2.45, 2.75) is 12.3 Å². The molecule has 102 valence electrons. The molecule has 1 aromatic heterocycles. The lowest BCUT2D eigenvalue weighted by Gasteiger charge is -2.13. The van der Waals surface area contributed by atoms with E-state index in [0.29, 0.717) is 28.0 Å². The molecule has 2 aromatic rings. The first-order valence-corrected chi connectivity index (χ1v) is 6.24. The summed E-state index contributed by atoms with van der Waals surface area (Å²) in [6.07, 6.45) is 0. The van der Waals surface area contributed by atoms with Crippen molar-refractivity contribution in [3.63, 3.8) is 0 Å². The van der Waals surface area contributed by atoms with Gasteiger partial charge in [0, 0.05) is 6.07 Å². The Balaban J connectivity index is 2.61. The number of hydrogen-bond acceptors (Lipinski definition) is 5. The van der Waals surface area contributed by atoms with Crippen molar-refractivity contribution in [1.29, 1.82) is 0 Å². The molecule has 0 spiro atoms. The van der Waals surface area contributed by atoms with Gasteiger partial charge >= 0.3 is 0 Å². The lowest BCUT2D eigenvalue weighted by molar-refractivity contribution is 0.392. The summed E-state index contributed by atoms with van der Waals surface area (Å²) in [4.78, 5) is 0. The Morgan fingerprint density at radius 3 is 2.47 bits per heavy atom. The lowest BCUT2D eigenvalue weighted by Crippen LogP contribution is -2.06. The summed E-state index contributed by atoms with van der Waals surface area (Å²) < 4.78 is 11.9. The van der Waals surface area contributed by atoms with Crippen molar-refractivity contribution in [2.24, 2.45) is 0 Å². The molecular weight excluding hydrogens is 291 g/mol. The first-order valence-electron chi connectivity index (χ1n) is 5.42. The van der Waals surface area contributed by atoms with Gasteiger partial charge in [0.15, 0.2) is 5.82 Å². The minimum Gasteiger partial charge on any atom is -0.495 e. The highest BCUT2D eigenvalue weighted by molar-refractivity contribution is 6.32. The highest BCUT2D eigenvalue weighted by Crippen LogP contribution is 2.35. The summed E-state index contributed by atoms with van der Waals surface area (Å²) in [5, 5.41) is 11.5. The zero-order valence-corrected chi connectivity index (χ0v) is 12.1. The molecule has 0 aliphatic carbocycles. The van der Waals surface area contributed by atoms with Gasteiger partial charge in [-0.25, -0.2) is 0 Å². The SMILES string of the molecule is COc1cc(OC)c(-n2nnnc2C(C)Cl)cc1Cl. The minimum absolute atomic E-state index is 0.347. The van der Waals surface area contributed by atoms with Crippen molar-refractivity contribution < 1.29 is 9.47 Å². The van der Waals surface area contributed by atoms with Crippen LogP contribution in [0.25, 0.3) is 5.69 Å². The van der Waals surface area contributed by atoms with E-state index in [2.05, 4.69) is 15.5 Å². The number of halogens is 2. The van der Waals surface area contributed by atoms with Gasteiger partial charge in [-0.05, 0) is 23.4 Å². The fourth-order valence-corrected chi connectivity index (χ4v) is 1.99. The molecule has 1 unspecified atom stereocenters. The summed E-state index contributed by atoms with van der Waals surface area (Å²) in [7, 11) is 3.07. The molecule has 19 heavy (non-hydrogen) atoms. The van der Waals surface area contributed by atoms with Crippen LogP contribution in [0, 0.1) is 0 Å². The molecule has 0 bridgehead atoms. The predicted molar refractivity (Wildman–Crippen MR) is 71.5 cm³/mol. The number of alkyl halides is 1. The van der Waals surface area contributed by atoms with E-state index in [1.165, 1.54) is 11.8 Å². The molecule has 0 amide bonds. The number of rotatable bonds is 4. The van der Waals surface area contributed by atoms with Gasteiger partial charge in [0.2, 0.25) is 0 Å². The van der Waals surface area contributed by atoms with Crippen molar-refractivity contribution in [3.05, 3.63) is 23.0 Å². The van der Waals surface area contributed by atoms with E-state index >= 15 is 0 Å². The van der Waals surface area contributed by atoms with Gasteiger partial charge in [-0.2, -0.15) is 4.68 Å². The third kappa shape index (κ3) is 2.59. The average molecular weight is 303 g/mol. The number of benzene rings is 1. The van der Waals surface area contributed by atoms with E-state index in [0.717, 1.165) is 0 Å². The Morgan fingerprint density at radius 2 is 1.89 bits per heavy atom. The Hall–Kier alpha value is -1.53. The summed E-state index contributed by atoms with van der Waals surface area (Å²) >= 11 is 12.1. The van der Waals surface area contributed by atoms with E-state index in [9.17, 15) is 0 Å². The molecule has 0 saturated carbocycles. The molecule has 6 nitrogen and oxygen atoms in total. The monoisotopic (exact) mass is 302 g/mol. The molecule has 1 aromatic carbocycles. The number of tetrazole rings is 1. The Bertz CT molecular complexity index is 586. The first kappa shape index (κ1) is 13.9. The molecule has 0 aliphatic heterocycles.